The molecule has 0 bridgehead atoms. The average Bonchev–Trinajstić information content (AvgIpc) is 2.12. The first kappa shape index (κ1) is 9.38. The van der Waals surface area contributed by atoms with Crippen molar-refractivity contribution in [2.24, 2.45) is 5.73 Å². The first-order valence-corrected chi connectivity index (χ1v) is 4.61. The van der Waals surface area contributed by atoms with Crippen molar-refractivity contribution in [1.82, 2.24) is 5.32 Å². The van der Waals surface area contributed by atoms with Crippen molar-refractivity contribution in [3.8, 4) is 0 Å². The maximum atomic E-state index is 10.8. The molecule has 0 saturated carbocycles. The number of carbonyl (C=O) groups excluding carboxylic acids is 1. The quantitative estimate of drug-likeness (QED) is 0.592. The van der Waals surface area contributed by atoms with E-state index in [4.69, 9.17) is 14.8 Å². The summed E-state index contributed by atoms with van der Waals surface area (Å²) < 4.78 is 20.3. The molecule has 1 aliphatic heterocycles. The van der Waals surface area contributed by atoms with Gasteiger partial charge >= 0.3 is 14.3 Å². The zero-order valence-corrected chi connectivity index (χ0v) is 7.25. The molecule has 1 rings (SSSR count). The Balaban J connectivity index is 2.41. The Labute approximate surface area is 70.3 Å². The Bertz CT molecular complexity index is 198. The summed E-state index contributed by atoms with van der Waals surface area (Å²) in [7, 11) is -2.11. The smallest absolute Gasteiger partial charge is 0.352 e. The van der Waals surface area contributed by atoms with Crippen LogP contribution in [0.4, 0.5) is 4.79 Å². The van der Waals surface area contributed by atoms with Crippen LogP contribution in [0.1, 0.15) is 12.8 Å². The second kappa shape index (κ2) is 4.35. The van der Waals surface area contributed by atoms with Crippen LogP contribution in [0.25, 0.3) is 0 Å². The summed E-state index contributed by atoms with van der Waals surface area (Å²) in [5.74, 6) is 0. The molecule has 0 aromatic heterocycles. The third-order valence-corrected chi connectivity index (χ3v) is 2.14. The van der Waals surface area contributed by atoms with Gasteiger partial charge in [0.1, 0.15) is 6.61 Å². The molecule has 0 aliphatic carbocycles. The number of nitrogens with one attached hydrogen (secondary N) is 1. The van der Waals surface area contributed by atoms with Crippen LogP contribution < -0.4 is 11.1 Å². The Morgan fingerprint density at radius 2 is 2.42 bits per heavy atom. The van der Waals surface area contributed by atoms with Crippen molar-refractivity contribution in [2.75, 3.05) is 6.61 Å². The predicted molar refractivity (Wildman–Crippen MR) is 40.4 cm³/mol. The van der Waals surface area contributed by atoms with Crippen molar-refractivity contribution in [2.45, 2.75) is 19.1 Å². The zero-order chi connectivity index (χ0) is 8.97. The summed E-state index contributed by atoms with van der Waals surface area (Å²) in [5, 5.41) is 2.30. The molecule has 7 heteroatoms. The first-order valence-electron chi connectivity index (χ1n) is 3.51. The van der Waals surface area contributed by atoms with Gasteiger partial charge in [0.2, 0.25) is 0 Å². The van der Waals surface area contributed by atoms with Gasteiger partial charge in [0.15, 0.2) is 6.23 Å². The number of hydrogen-bond donors (Lipinski definition) is 2. The van der Waals surface area contributed by atoms with Gasteiger partial charge in [-0.2, -0.15) is 0 Å². The van der Waals surface area contributed by atoms with E-state index in [1.165, 1.54) is 0 Å². The van der Waals surface area contributed by atoms with Crippen molar-refractivity contribution in [1.29, 1.82) is 0 Å². The Morgan fingerprint density at radius 1 is 1.67 bits per heavy atom. The highest BCUT2D eigenvalue weighted by Gasteiger charge is 2.31. The van der Waals surface area contributed by atoms with E-state index >= 15 is 0 Å². The molecular formula is C5H10N2O4P+. The molecule has 1 saturated heterocycles. The van der Waals surface area contributed by atoms with Gasteiger partial charge in [-0.25, -0.2) is 4.79 Å². The van der Waals surface area contributed by atoms with Crippen molar-refractivity contribution < 1.29 is 18.4 Å². The highest BCUT2D eigenvalue weighted by Crippen LogP contribution is 2.29. The fraction of sp³-hybridized carbons (Fsp3) is 0.800. The molecule has 2 atom stereocenters. The van der Waals surface area contributed by atoms with Crippen molar-refractivity contribution in [3.05, 3.63) is 0 Å². The average molecular weight is 193 g/mol. The van der Waals surface area contributed by atoms with E-state index in [0.29, 0.717) is 19.4 Å². The third kappa shape index (κ3) is 3.13. The number of carbonyl (C=O) groups is 1. The van der Waals surface area contributed by atoms with E-state index in [0.717, 1.165) is 0 Å². The summed E-state index contributed by atoms with van der Waals surface area (Å²) in [5.41, 5.74) is 4.85. The van der Waals surface area contributed by atoms with Crippen LogP contribution in [0.3, 0.4) is 0 Å². The third-order valence-electron chi connectivity index (χ3n) is 1.32. The fourth-order valence-corrected chi connectivity index (χ4v) is 1.56. The van der Waals surface area contributed by atoms with Gasteiger partial charge in [-0.15, -0.1) is 4.52 Å². The van der Waals surface area contributed by atoms with Crippen LogP contribution in [0.5, 0.6) is 0 Å². The molecule has 0 radical (unpaired) electrons. The molecule has 2 unspecified atom stereocenters. The lowest BCUT2D eigenvalue weighted by Gasteiger charge is -2.06. The summed E-state index contributed by atoms with van der Waals surface area (Å²) in [6.07, 6.45) is 0.657. The topological polar surface area (TPSA) is 90.7 Å². The summed E-state index contributed by atoms with van der Waals surface area (Å²) in [6.45, 7) is 0.381. The minimum absolute atomic E-state index is 0.381. The molecule has 0 aromatic carbocycles. The largest absolute Gasteiger partial charge is 0.699 e. The van der Waals surface area contributed by atoms with Gasteiger partial charge in [-0.1, -0.05) is 4.52 Å². The second-order valence-corrected chi connectivity index (χ2v) is 3.22. The molecule has 68 valence electrons. The highest BCUT2D eigenvalue weighted by molar-refractivity contribution is 7.33. The maximum Gasteiger partial charge on any atom is 0.699 e. The highest BCUT2D eigenvalue weighted by atomic mass is 31.1. The molecule has 0 aromatic rings. The molecule has 12 heavy (non-hydrogen) atoms. The first-order chi connectivity index (χ1) is 5.68. The number of rotatable bonds is 1. The van der Waals surface area contributed by atoms with E-state index < -0.39 is 20.5 Å². The number of primary amides is 1. The lowest BCUT2D eigenvalue weighted by atomic mass is 10.3. The normalized spacial score (nSPS) is 27.7. The van der Waals surface area contributed by atoms with E-state index in [1.54, 1.807) is 0 Å². The van der Waals surface area contributed by atoms with E-state index in [1.807, 2.05) is 0 Å². The maximum absolute atomic E-state index is 10.8. The number of hydrogen-bond acceptors (Lipinski definition) is 4. The van der Waals surface area contributed by atoms with Gasteiger partial charge in [-0.05, 0) is 12.8 Å². The second-order valence-electron chi connectivity index (χ2n) is 2.30. The van der Waals surface area contributed by atoms with Crippen LogP contribution in [-0.2, 0) is 13.6 Å². The Morgan fingerprint density at radius 3 is 3.08 bits per heavy atom. The Hall–Kier alpha value is -0.710. The summed E-state index contributed by atoms with van der Waals surface area (Å²) in [6, 6.07) is -0.690. The van der Waals surface area contributed by atoms with Gasteiger partial charge in [0.05, 0.1) is 0 Å². The SMILES string of the molecule is NC(=O)NC1CCCO[P+](=O)O1. The monoisotopic (exact) mass is 193 g/mol. The van der Waals surface area contributed by atoms with Gasteiger partial charge < -0.3 is 11.1 Å². The van der Waals surface area contributed by atoms with Gasteiger partial charge in [-0.3, -0.25) is 0 Å². The van der Waals surface area contributed by atoms with E-state index in [9.17, 15) is 9.36 Å². The van der Waals surface area contributed by atoms with Gasteiger partial charge in [0.25, 0.3) is 0 Å². The van der Waals surface area contributed by atoms with Crippen LogP contribution in [-0.4, -0.2) is 18.9 Å². The lowest BCUT2D eigenvalue weighted by molar-refractivity contribution is 0.160. The number of nitrogens with two attached hydrogens (primary N) is 1. The molecule has 1 aliphatic rings. The van der Waals surface area contributed by atoms with E-state index in [-0.39, 0.29) is 0 Å². The number of amides is 2. The van der Waals surface area contributed by atoms with Crippen LogP contribution >= 0.6 is 8.25 Å². The predicted octanol–water partition coefficient (Wildman–Crippen LogP) is 0.465. The molecule has 1 fully saturated rings. The molecule has 6 nitrogen and oxygen atoms in total. The van der Waals surface area contributed by atoms with Gasteiger partial charge in [0, 0.05) is 4.57 Å². The fourth-order valence-electron chi connectivity index (χ4n) is 0.852. The molecule has 1 heterocycles. The minimum atomic E-state index is -2.11. The molecule has 0 spiro atoms. The van der Waals surface area contributed by atoms with Crippen LogP contribution in [0.15, 0.2) is 0 Å². The molecular weight excluding hydrogens is 183 g/mol. The van der Waals surface area contributed by atoms with Crippen LogP contribution in [0.2, 0.25) is 0 Å². The molecule has 3 N–H and O–H groups in total. The zero-order valence-electron chi connectivity index (χ0n) is 6.36. The molecule has 2 amide bonds. The minimum Gasteiger partial charge on any atom is -0.352 e. The summed E-state index contributed by atoms with van der Waals surface area (Å²) in [4.78, 5) is 10.4. The van der Waals surface area contributed by atoms with Crippen molar-refractivity contribution in [3.63, 3.8) is 0 Å². The number of urea groups is 1. The Kier molecular flexibility index (Phi) is 3.40. The summed E-state index contributed by atoms with van der Waals surface area (Å²) >= 11 is 0. The van der Waals surface area contributed by atoms with E-state index in [2.05, 4.69) is 5.32 Å². The standard InChI is InChI=1S/C5H9N2O4P/c6-5(8)7-4-2-1-3-10-12(9)11-4/h4H,1-3H2,(H2-,6,7,8)/p+1. The van der Waals surface area contributed by atoms with Crippen molar-refractivity contribution >= 4 is 14.3 Å². The lowest BCUT2D eigenvalue weighted by Crippen LogP contribution is -2.38. The van der Waals surface area contributed by atoms with Crippen LogP contribution in [0, 0.1) is 0 Å².